The molecule has 0 saturated heterocycles. The van der Waals surface area contributed by atoms with Crippen LogP contribution in [0.5, 0.6) is 0 Å². The van der Waals surface area contributed by atoms with E-state index in [1.807, 2.05) is 0 Å². The number of hydrogen-bond donors (Lipinski definition) is 2. The molecule has 0 atom stereocenters. The van der Waals surface area contributed by atoms with Gasteiger partial charge in [0, 0.05) is 18.2 Å². The van der Waals surface area contributed by atoms with E-state index in [-0.39, 0.29) is 11.6 Å². The monoisotopic (exact) mass is 259 g/mol. The zero-order chi connectivity index (χ0) is 13.8. The van der Waals surface area contributed by atoms with Gasteiger partial charge >= 0.3 is 0 Å². The van der Waals surface area contributed by atoms with E-state index in [4.69, 9.17) is 0 Å². The lowest BCUT2D eigenvalue weighted by Gasteiger charge is -2.18. The van der Waals surface area contributed by atoms with Gasteiger partial charge in [-0.15, -0.1) is 5.92 Å². The predicted octanol–water partition coefficient (Wildman–Crippen LogP) is 1.91. The minimum atomic E-state index is -0.432. The molecule has 0 spiro atoms. The molecule has 6 nitrogen and oxygen atoms in total. The van der Waals surface area contributed by atoms with E-state index in [1.54, 1.807) is 13.0 Å². The molecule has 0 aromatic heterocycles. The van der Waals surface area contributed by atoms with Gasteiger partial charge in [0.25, 0.3) is 5.69 Å². The van der Waals surface area contributed by atoms with E-state index >= 15 is 0 Å². The Morgan fingerprint density at radius 1 is 1.47 bits per heavy atom. The van der Waals surface area contributed by atoms with Crippen molar-refractivity contribution in [1.29, 1.82) is 0 Å². The van der Waals surface area contributed by atoms with Crippen molar-refractivity contribution >= 4 is 23.0 Å². The molecular weight excluding hydrogens is 246 g/mol. The highest BCUT2D eigenvalue weighted by atomic mass is 16.6. The molecule has 1 aromatic rings. The number of nitro groups is 1. The molecule has 1 aliphatic rings. The molecule has 2 rings (SSSR count). The molecule has 1 amide bonds. The first-order valence-corrected chi connectivity index (χ1v) is 5.86. The lowest BCUT2D eigenvalue weighted by atomic mass is 10.0. The minimum absolute atomic E-state index is 0.00722. The molecule has 98 valence electrons. The molecule has 0 saturated carbocycles. The lowest BCUT2D eigenvalue weighted by molar-refractivity contribution is -0.384. The first-order chi connectivity index (χ1) is 9.11. The van der Waals surface area contributed by atoms with Crippen LogP contribution >= 0.6 is 0 Å². The van der Waals surface area contributed by atoms with E-state index in [2.05, 4.69) is 22.5 Å². The predicted molar refractivity (Wildman–Crippen MR) is 72.0 cm³/mol. The lowest BCUT2D eigenvalue weighted by Crippen LogP contribution is -2.19. The molecule has 0 aliphatic carbocycles. The van der Waals surface area contributed by atoms with Gasteiger partial charge in [-0.3, -0.25) is 14.9 Å². The van der Waals surface area contributed by atoms with Crippen LogP contribution in [0.25, 0.3) is 0 Å². The summed E-state index contributed by atoms with van der Waals surface area (Å²) in [5.41, 5.74) is 1.80. The number of nitro benzene ring substituents is 1. The Bertz CT molecular complexity index is 599. The second-order valence-corrected chi connectivity index (χ2v) is 4.11. The van der Waals surface area contributed by atoms with Gasteiger partial charge in [-0.05, 0) is 25.0 Å². The third-order valence-corrected chi connectivity index (χ3v) is 2.86. The molecule has 19 heavy (non-hydrogen) atoms. The minimum Gasteiger partial charge on any atom is -0.369 e. The molecule has 6 heteroatoms. The fourth-order valence-electron chi connectivity index (χ4n) is 1.94. The second-order valence-electron chi connectivity index (χ2n) is 4.11. The maximum absolute atomic E-state index is 11.3. The smallest absolute Gasteiger partial charge is 0.292 e. The molecular formula is C13H13N3O3. The molecule has 2 N–H and O–H groups in total. The normalized spacial score (nSPS) is 12.8. The van der Waals surface area contributed by atoms with Crippen LogP contribution in [0.4, 0.5) is 17.1 Å². The van der Waals surface area contributed by atoms with Crippen LogP contribution in [0.15, 0.2) is 12.1 Å². The van der Waals surface area contributed by atoms with Crippen molar-refractivity contribution in [2.75, 3.05) is 17.2 Å². The van der Waals surface area contributed by atoms with Crippen LogP contribution in [-0.2, 0) is 11.2 Å². The van der Waals surface area contributed by atoms with E-state index in [0.29, 0.717) is 30.8 Å². The molecule has 0 radical (unpaired) electrons. The summed E-state index contributed by atoms with van der Waals surface area (Å²) in [6.45, 7) is 2.02. The number of amides is 1. The van der Waals surface area contributed by atoms with Crippen LogP contribution in [0.1, 0.15) is 18.9 Å². The fourth-order valence-corrected chi connectivity index (χ4v) is 1.94. The number of nitrogens with zero attached hydrogens (tertiary/aromatic N) is 1. The number of benzene rings is 1. The van der Waals surface area contributed by atoms with Crippen LogP contribution in [0.3, 0.4) is 0 Å². The summed E-state index contributed by atoms with van der Waals surface area (Å²) in [6, 6.07) is 3.11. The van der Waals surface area contributed by atoms with Gasteiger partial charge in [-0.25, -0.2) is 0 Å². The van der Waals surface area contributed by atoms with E-state index < -0.39 is 4.92 Å². The molecule has 0 unspecified atom stereocenters. The van der Waals surface area contributed by atoms with Gasteiger partial charge in [0.1, 0.15) is 5.69 Å². The fraction of sp³-hybridized carbons (Fsp3) is 0.308. The summed E-state index contributed by atoms with van der Waals surface area (Å²) in [7, 11) is 0. The van der Waals surface area contributed by atoms with Crippen molar-refractivity contribution in [3.63, 3.8) is 0 Å². The van der Waals surface area contributed by atoms with Gasteiger partial charge in [-0.2, -0.15) is 0 Å². The molecule has 0 fully saturated rings. The Balaban J connectivity index is 2.38. The summed E-state index contributed by atoms with van der Waals surface area (Å²) in [5.74, 6) is 5.42. The Hall–Kier alpha value is -2.55. The molecule has 1 heterocycles. The second kappa shape index (κ2) is 5.40. The van der Waals surface area contributed by atoms with Gasteiger partial charge in [0.05, 0.1) is 11.5 Å². The molecule has 1 aliphatic heterocycles. The number of rotatable bonds is 3. The van der Waals surface area contributed by atoms with Crippen molar-refractivity contribution in [2.45, 2.75) is 19.8 Å². The zero-order valence-corrected chi connectivity index (χ0v) is 10.4. The van der Waals surface area contributed by atoms with Gasteiger partial charge in [0.15, 0.2) is 0 Å². The highest BCUT2D eigenvalue weighted by molar-refractivity contribution is 5.95. The van der Waals surface area contributed by atoms with Crippen molar-refractivity contribution in [2.24, 2.45) is 0 Å². The number of fused-ring (bicyclic) bond motifs is 1. The number of carbonyl (C=O) groups is 1. The average molecular weight is 259 g/mol. The summed E-state index contributed by atoms with van der Waals surface area (Å²) in [6.07, 6.45) is 0.884. The van der Waals surface area contributed by atoms with Crippen LogP contribution in [-0.4, -0.2) is 17.4 Å². The van der Waals surface area contributed by atoms with Crippen LogP contribution < -0.4 is 10.6 Å². The Kier molecular flexibility index (Phi) is 3.66. The van der Waals surface area contributed by atoms with E-state index in [9.17, 15) is 14.9 Å². The van der Waals surface area contributed by atoms with Crippen molar-refractivity contribution in [3.05, 3.63) is 27.8 Å². The topological polar surface area (TPSA) is 84.3 Å². The third-order valence-electron chi connectivity index (χ3n) is 2.86. The SMILES string of the molecule is CC#CCNc1cc2c(cc1[N+](=O)[O-])CCC(=O)N2. The first kappa shape index (κ1) is 12.9. The largest absolute Gasteiger partial charge is 0.369 e. The zero-order valence-electron chi connectivity index (χ0n) is 10.4. The number of hydrogen-bond acceptors (Lipinski definition) is 4. The Morgan fingerprint density at radius 2 is 2.26 bits per heavy atom. The van der Waals surface area contributed by atoms with Crippen LogP contribution in [0.2, 0.25) is 0 Å². The Morgan fingerprint density at radius 3 is 2.95 bits per heavy atom. The van der Waals surface area contributed by atoms with E-state index in [1.165, 1.54) is 6.07 Å². The third kappa shape index (κ3) is 2.83. The number of anilines is 2. The molecule has 1 aromatic carbocycles. The maximum Gasteiger partial charge on any atom is 0.292 e. The van der Waals surface area contributed by atoms with Gasteiger partial charge in [-0.1, -0.05) is 5.92 Å². The molecule has 0 bridgehead atoms. The quantitative estimate of drug-likeness (QED) is 0.493. The van der Waals surface area contributed by atoms with Crippen molar-refractivity contribution < 1.29 is 9.72 Å². The number of nitrogens with one attached hydrogen (secondary N) is 2. The summed E-state index contributed by atoms with van der Waals surface area (Å²) < 4.78 is 0. The highest BCUT2D eigenvalue weighted by Crippen LogP contribution is 2.33. The summed E-state index contributed by atoms with van der Waals surface area (Å²) in [5, 5.41) is 16.7. The number of carbonyl (C=O) groups excluding carboxylic acids is 1. The van der Waals surface area contributed by atoms with Gasteiger partial charge in [0.2, 0.25) is 5.91 Å². The van der Waals surface area contributed by atoms with Crippen molar-refractivity contribution in [1.82, 2.24) is 0 Å². The summed E-state index contributed by atoms with van der Waals surface area (Å²) >= 11 is 0. The summed E-state index contributed by atoms with van der Waals surface area (Å²) in [4.78, 5) is 21.9. The van der Waals surface area contributed by atoms with E-state index in [0.717, 1.165) is 5.56 Å². The Labute approximate surface area is 110 Å². The van der Waals surface area contributed by atoms with Crippen molar-refractivity contribution in [3.8, 4) is 11.8 Å². The highest BCUT2D eigenvalue weighted by Gasteiger charge is 2.22. The van der Waals surface area contributed by atoms with Crippen LogP contribution in [0, 0.1) is 22.0 Å². The standard InChI is InChI=1S/C13H13N3O3/c1-2-3-6-14-11-8-10-9(4-5-13(17)15-10)7-12(11)16(18)19/h7-8,14H,4-6H2,1H3,(H,15,17). The first-order valence-electron chi connectivity index (χ1n) is 5.86. The average Bonchev–Trinajstić information content (AvgIpc) is 2.37. The van der Waals surface area contributed by atoms with Gasteiger partial charge < -0.3 is 10.6 Å². The maximum atomic E-state index is 11.3. The number of aryl methyl sites for hydroxylation is 1.